The Morgan fingerprint density at radius 2 is 2.00 bits per heavy atom. The van der Waals surface area contributed by atoms with E-state index in [0.29, 0.717) is 23.8 Å². The molecule has 1 N–H and O–H groups in total. The molecule has 100 valence electrons. The lowest BCUT2D eigenvalue weighted by Gasteiger charge is -2.22. The van der Waals surface area contributed by atoms with E-state index >= 15 is 0 Å². The highest BCUT2D eigenvalue weighted by Crippen LogP contribution is 2.07. The maximum atomic E-state index is 12.0. The van der Waals surface area contributed by atoms with Crippen LogP contribution in [0.1, 0.15) is 10.4 Å². The maximum absolute atomic E-state index is 12.0. The summed E-state index contributed by atoms with van der Waals surface area (Å²) in [6, 6.07) is 7.33. The van der Waals surface area contributed by atoms with E-state index in [4.69, 9.17) is 12.2 Å². The van der Waals surface area contributed by atoms with E-state index in [1.807, 2.05) is 18.2 Å². The summed E-state index contributed by atoms with van der Waals surface area (Å²) in [6.45, 7) is 8.46. The van der Waals surface area contributed by atoms with Crippen LogP contribution < -0.4 is 5.32 Å². The van der Waals surface area contributed by atoms with Crippen LogP contribution in [0, 0.1) is 3.57 Å². The minimum atomic E-state index is -0.207. The number of nitrogens with zero attached hydrogens (tertiary/aromatic N) is 1. The molecular formula is C14H15IN2OS. The first-order valence-electron chi connectivity index (χ1n) is 5.66. The molecule has 1 aromatic carbocycles. The van der Waals surface area contributed by atoms with Crippen LogP contribution in [0.4, 0.5) is 0 Å². The second-order valence-electron chi connectivity index (χ2n) is 3.75. The second-order valence-corrected chi connectivity index (χ2v) is 5.38. The molecule has 0 saturated heterocycles. The standard InChI is InChI=1S/C14H15IN2OS/c1-3-8-17(9-4-2)14(19)16-13(18)11-6-5-7-12(15)10-11/h3-7,10H,1-2,8-9H2,(H,16,18,19). The molecule has 19 heavy (non-hydrogen) atoms. The summed E-state index contributed by atoms with van der Waals surface area (Å²) in [5, 5.41) is 3.09. The van der Waals surface area contributed by atoms with E-state index in [1.54, 1.807) is 23.1 Å². The molecular weight excluding hydrogens is 371 g/mol. The molecule has 0 aliphatic carbocycles. The minimum absolute atomic E-state index is 0.207. The highest BCUT2D eigenvalue weighted by molar-refractivity contribution is 14.1. The fraction of sp³-hybridized carbons (Fsp3) is 0.143. The third kappa shape index (κ3) is 5.12. The summed E-state index contributed by atoms with van der Waals surface area (Å²) < 4.78 is 1.00. The van der Waals surface area contributed by atoms with Gasteiger partial charge in [-0.25, -0.2) is 0 Å². The van der Waals surface area contributed by atoms with Crippen LogP contribution in [0.3, 0.4) is 0 Å². The molecule has 3 nitrogen and oxygen atoms in total. The SMILES string of the molecule is C=CCN(CC=C)C(=S)NC(=O)c1cccc(I)c1. The molecule has 0 heterocycles. The molecule has 0 unspecified atom stereocenters. The zero-order chi connectivity index (χ0) is 14.3. The summed E-state index contributed by atoms with van der Waals surface area (Å²) in [6.07, 6.45) is 3.46. The quantitative estimate of drug-likeness (QED) is 0.480. The highest BCUT2D eigenvalue weighted by Gasteiger charge is 2.12. The topological polar surface area (TPSA) is 32.3 Å². The fourth-order valence-electron chi connectivity index (χ4n) is 1.43. The van der Waals surface area contributed by atoms with Crippen molar-refractivity contribution in [3.63, 3.8) is 0 Å². The Labute approximate surface area is 132 Å². The van der Waals surface area contributed by atoms with Crippen molar-refractivity contribution in [1.82, 2.24) is 10.2 Å². The zero-order valence-electron chi connectivity index (χ0n) is 10.4. The lowest BCUT2D eigenvalue weighted by Crippen LogP contribution is -2.42. The molecule has 0 radical (unpaired) electrons. The van der Waals surface area contributed by atoms with Gasteiger partial charge < -0.3 is 4.90 Å². The number of halogens is 1. The summed E-state index contributed by atoms with van der Waals surface area (Å²) in [5.74, 6) is -0.207. The van der Waals surface area contributed by atoms with Crippen molar-refractivity contribution in [2.45, 2.75) is 0 Å². The van der Waals surface area contributed by atoms with Gasteiger partial charge in [-0.05, 0) is 53.0 Å². The number of nitrogens with one attached hydrogen (secondary N) is 1. The number of hydrogen-bond donors (Lipinski definition) is 1. The van der Waals surface area contributed by atoms with E-state index in [2.05, 4.69) is 41.1 Å². The fourth-order valence-corrected chi connectivity index (χ4v) is 2.21. The van der Waals surface area contributed by atoms with Crippen LogP contribution in [0.25, 0.3) is 0 Å². The van der Waals surface area contributed by atoms with Crippen LogP contribution >= 0.6 is 34.8 Å². The lowest BCUT2D eigenvalue weighted by molar-refractivity contribution is 0.0974. The van der Waals surface area contributed by atoms with Gasteiger partial charge in [-0.3, -0.25) is 10.1 Å². The highest BCUT2D eigenvalue weighted by atomic mass is 127. The summed E-state index contributed by atoms with van der Waals surface area (Å²) >= 11 is 7.37. The Kier molecular flexibility index (Phi) is 6.72. The molecule has 1 rings (SSSR count). The number of hydrogen-bond acceptors (Lipinski definition) is 2. The van der Waals surface area contributed by atoms with Gasteiger partial charge in [0.1, 0.15) is 0 Å². The molecule has 1 amide bonds. The first-order chi connectivity index (χ1) is 9.08. The Morgan fingerprint density at radius 1 is 1.37 bits per heavy atom. The van der Waals surface area contributed by atoms with Crippen molar-refractivity contribution < 1.29 is 4.79 Å². The zero-order valence-corrected chi connectivity index (χ0v) is 13.4. The average molecular weight is 386 g/mol. The van der Waals surface area contributed by atoms with Crippen molar-refractivity contribution in [3.05, 3.63) is 58.7 Å². The summed E-state index contributed by atoms with van der Waals surface area (Å²) in [5.41, 5.74) is 0.589. The Balaban J connectivity index is 2.72. The number of amides is 1. The molecule has 0 spiro atoms. The van der Waals surface area contributed by atoms with Gasteiger partial charge in [0.25, 0.3) is 5.91 Å². The molecule has 0 saturated carbocycles. The van der Waals surface area contributed by atoms with E-state index in [-0.39, 0.29) is 5.91 Å². The van der Waals surface area contributed by atoms with Crippen molar-refractivity contribution >= 4 is 45.8 Å². The summed E-state index contributed by atoms with van der Waals surface area (Å²) in [7, 11) is 0. The number of rotatable bonds is 5. The molecule has 0 bridgehead atoms. The first kappa shape index (κ1) is 15.8. The Bertz CT molecular complexity index is 492. The van der Waals surface area contributed by atoms with Crippen molar-refractivity contribution in [1.29, 1.82) is 0 Å². The predicted octanol–water partition coefficient (Wildman–Crippen LogP) is 2.98. The van der Waals surface area contributed by atoms with Crippen LogP contribution in [-0.2, 0) is 0 Å². The maximum Gasteiger partial charge on any atom is 0.257 e. The van der Waals surface area contributed by atoms with Crippen molar-refractivity contribution in [2.24, 2.45) is 0 Å². The normalized spacial score (nSPS) is 9.53. The Morgan fingerprint density at radius 3 is 2.53 bits per heavy atom. The number of thiocarbonyl (C=S) groups is 1. The largest absolute Gasteiger partial charge is 0.342 e. The number of carbonyl (C=O) groups excluding carboxylic acids is 1. The van der Waals surface area contributed by atoms with E-state index in [1.165, 1.54) is 0 Å². The molecule has 0 atom stereocenters. The minimum Gasteiger partial charge on any atom is -0.342 e. The van der Waals surface area contributed by atoms with Crippen LogP contribution in [-0.4, -0.2) is 29.0 Å². The summed E-state index contributed by atoms with van der Waals surface area (Å²) in [4.78, 5) is 13.8. The van der Waals surface area contributed by atoms with E-state index in [9.17, 15) is 4.79 Å². The van der Waals surface area contributed by atoms with Gasteiger partial charge in [0.2, 0.25) is 0 Å². The van der Waals surface area contributed by atoms with Gasteiger partial charge in [-0.1, -0.05) is 18.2 Å². The number of carbonyl (C=O) groups is 1. The molecule has 0 aliphatic heterocycles. The first-order valence-corrected chi connectivity index (χ1v) is 7.14. The van der Waals surface area contributed by atoms with Crippen LogP contribution in [0.2, 0.25) is 0 Å². The van der Waals surface area contributed by atoms with Crippen LogP contribution in [0.15, 0.2) is 49.6 Å². The lowest BCUT2D eigenvalue weighted by atomic mass is 10.2. The second kappa shape index (κ2) is 8.06. The molecule has 0 aliphatic rings. The molecule has 0 aromatic heterocycles. The van der Waals surface area contributed by atoms with Gasteiger partial charge in [-0.15, -0.1) is 13.2 Å². The van der Waals surface area contributed by atoms with Gasteiger partial charge in [-0.2, -0.15) is 0 Å². The van der Waals surface area contributed by atoms with Gasteiger partial charge in [0.15, 0.2) is 5.11 Å². The number of benzene rings is 1. The van der Waals surface area contributed by atoms with E-state index in [0.717, 1.165) is 3.57 Å². The van der Waals surface area contributed by atoms with Gasteiger partial charge in [0.05, 0.1) is 0 Å². The molecule has 1 aromatic rings. The molecule has 0 fully saturated rings. The average Bonchev–Trinajstić information content (AvgIpc) is 2.38. The predicted molar refractivity (Wildman–Crippen MR) is 91.2 cm³/mol. The van der Waals surface area contributed by atoms with Crippen LogP contribution in [0.5, 0.6) is 0 Å². The Hall–Kier alpha value is -1.21. The molecule has 5 heteroatoms. The monoisotopic (exact) mass is 386 g/mol. The van der Waals surface area contributed by atoms with Crippen molar-refractivity contribution in [3.8, 4) is 0 Å². The van der Waals surface area contributed by atoms with Crippen molar-refractivity contribution in [2.75, 3.05) is 13.1 Å². The third-order valence-electron chi connectivity index (χ3n) is 2.29. The van der Waals surface area contributed by atoms with Gasteiger partial charge >= 0.3 is 0 Å². The third-order valence-corrected chi connectivity index (χ3v) is 3.32. The smallest absolute Gasteiger partial charge is 0.257 e. The van der Waals surface area contributed by atoms with E-state index < -0.39 is 0 Å². The van der Waals surface area contributed by atoms with Gasteiger partial charge in [0, 0.05) is 22.2 Å².